The molecule has 0 atom stereocenters. The third kappa shape index (κ3) is 6.59. The molecular formula is C27H32FN3O4. The molecule has 2 aromatic rings. The van der Waals surface area contributed by atoms with Gasteiger partial charge >= 0.3 is 0 Å². The van der Waals surface area contributed by atoms with E-state index in [1.807, 2.05) is 4.90 Å². The average Bonchev–Trinajstić information content (AvgIpc) is 2.89. The van der Waals surface area contributed by atoms with Crippen molar-refractivity contribution in [2.75, 3.05) is 25.0 Å². The summed E-state index contributed by atoms with van der Waals surface area (Å²) in [5.41, 5.74) is 0.396. The van der Waals surface area contributed by atoms with Crippen LogP contribution in [0.3, 0.4) is 0 Å². The van der Waals surface area contributed by atoms with Gasteiger partial charge in [0.2, 0.25) is 5.91 Å². The van der Waals surface area contributed by atoms with Gasteiger partial charge in [0.25, 0.3) is 11.8 Å². The Labute approximate surface area is 205 Å². The van der Waals surface area contributed by atoms with Crippen LogP contribution in [0.2, 0.25) is 0 Å². The minimum atomic E-state index is -0.535. The van der Waals surface area contributed by atoms with Gasteiger partial charge in [0.05, 0.1) is 11.3 Å². The van der Waals surface area contributed by atoms with Gasteiger partial charge in [0.15, 0.2) is 6.61 Å². The Morgan fingerprint density at radius 3 is 2.34 bits per heavy atom. The molecule has 1 heterocycles. The molecule has 186 valence electrons. The van der Waals surface area contributed by atoms with Crippen LogP contribution >= 0.6 is 0 Å². The number of halogens is 1. The fraction of sp³-hybridized carbons (Fsp3) is 0.444. The van der Waals surface area contributed by atoms with Crippen molar-refractivity contribution in [3.63, 3.8) is 0 Å². The molecule has 2 N–H and O–H groups in total. The van der Waals surface area contributed by atoms with Crippen LogP contribution in [0.5, 0.6) is 5.75 Å². The number of benzene rings is 2. The largest absolute Gasteiger partial charge is 0.483 e. The highest BCUT2D eigenvalue weighted by Crippen LogP contribution is 2.27. The van der Waals surface area contributed by atoms with Crippen molar-refractivity contribution in [3.8, 4) is 5.75 Å². The molecule has 0 bridgehead atoms. The summed E-state index contributed by atoms with van der Waals surface area (Å²) in [7, 11) is 0. The first kappa shape index (κ1) is 24.7. The maximum Gasteiger partial charge on any atom is 0.262 e. The summed E-state index contributed by atoms with van der Waals surface area (Å²) >= 11 is 0. The van der Waals surface area contributed by atoms with E-state index in [1.165, 1.54) is 24.6 Å². The maximum atomic E-state index is 13.7. The maximum absolute atomic E-state index is 13.7. The smallest absolute Gasteiger partial charge is 0.262 e. The number of nitrogens with zero attached hydrogens (tertiary/aromatic N) is 1. The normalized spacial score (nSPS) is 17.0. The summed E-state index contributed by atoms with van der Waals surface area (Å²) < 4.78 is 19.3. The van der Waals surface area contributed by atoms with Crippen LogP contribution < -0.4 is 15.4 Å². The van der Waals surface area contributed by atoms with Crippen molar-refractivity contribution in [1.29, 1.82) is 0 Å². The number of ether oxygens (including phenoxy) is 1. The Bertz CT molecular complexity index is 1050. The van der Waals surface area contributed by atoms with Crippen molar-refractivity contribution >= 4 is 23.4 Å². The number of anilines is 1. The van der Waals surface area contributed by atoms with Crippen LogP contribution in [-0.2, 0) is 9.59 Å². The molecule has 35 heavy (non-hydrogen) atoms. The molecule has 1 aliphatic carbocycles. The third-order valence-electron chi connectivity index (χ3n) is 6.73. The van der Waals surface area contributed by atoms with Gasteiger partial charge in [0.1, 0.15) is 11.6 Å². The second-order valence-electron chi connectivity index (χ2n) is 9.22. The Kier molecular flexibility index (Phi) is 8.34. The lowest BCUT2D eigenvalue weighted by atomic mass is 9.87. The molecule has 0 spiro atoms. The summed E-state index contributed by atoms with van der Waals surface area (Å²) in [6, 6.07) is 12.6. The lowest BCUT2D eigenvalue weighted by Crippen LogP contribution is -2.48. The Morgan fingerprint density at radius 2 is 1.60 bits per heavy atom. The molecule has 2 fully saturated rings. The van der Waals surface area contributed by atoms with E-state index in [-0.39, 0.29) is 41.8 Å². The number of carbonyl (C=O) groups excluding carboxylic acids is 3. The Morgan fingerprint density at radius 1 is 0.914 bits per heavy atom. The van der Waals surface area contributed by atoms with Crippen molar-refractivity contribution < 1.29 is 23.5 Å². The van der Waals surface area contributed by atoms with Crippen molar-refractivity contribution in [3.05, 3.63) is 59.9 Å². The SMILES string of the molecule is O=C(COc1ccccc1C(=O)NC1CCN(C(=O)C2CCCCC2)CC1)Nc1ccccc1F. The highest BCUT2D eigenvalue weighted by Gasteiger charge is 2.30. The van der Waals surface area contributed by atoms with Gasteiger partial charge < -0.3 is 20.3 Å². The second-order valence-corrected chi connectivity index (χ2v) is 9.22. The molecule has 0 aromatic heterocycles. The number of hydrogen-bond donors (Lipinski definition) is 2. The zero-order valence-corrected chi connectivity index (χ0v) is 19.8. The molecule has 3 amide bonds. The summed E-state index contributed by atoms with van der Waals surface area (Å²) in [5, 5.41) is 5.50. The van der Waals surface area contributed by atoms with Gasteiger partial charge in [-0.05, 0) is 49.9 Å². The van der Waals surface area contributed by atoms with Gasteiger partial charge in [-0.1, -0.05) is 43.5 Å². The van der Waals surface area contributed by atoms with Crippen LogP contribution in [0.15, 0.2) is 48.5 Å². The molecule has 0 unspecified atom stereocenters. The number of piperidine rings is 1. The molecule has 1 saturated heterocycles. The number of likely N-dealkylation sites (tertiary alicyclic amines) is 1. The third-order valence-corrected chi connectivity index (χ3v) is 6.73. The van der Waals surface area contributed by atoms with Gasteiger partial charge in [-0.15, -0.1) is 0 Å². The molecule has 1 aliphatic heterocycles. The van der Waals surface area contributed by atoms with Crippen LogP contribution in [-0.4, -0.2) is 48.4 Å². The minimum absolute atomic E-state index is 0.0321. The van der Waals surface area contributed by atoms with E-state index in [4.69, 9.17) is 4.74 Å². The molecule has 2 aromatic carbocycles. The summed E-state index contributed by atoms with van der Waals surface area (Å²) in [5.74, 6) is -0.644. The predicted molar refractivity (Wildman–Crippen MR) is 131 cm³/mol. The molecule has 1 saturated carbocycles. The predicted octanol–water partition coefficient (Wildman–Crippen LogP) is 4.14. The van der Waals surface area contributed by atoms with E-state index in [1.54, 1.807) is 30.3 Å². The molecule has 8 heteroatoms. The lowest BCUT2D eigenvalue weighted by molar-refractivity contribution is -0.137. The number of carbonyl (C=O) groups is 3. The molecule has 0 radical (unpaired) electrons. The van der Waals surface area contributed by atoms with Crippen molar-refractivity contribution in [2.45, 2.75) is 51.0 Å². The van der Waals surface area contributed by atoms with Gasteiger partial charge in [-0.2, -0.15) is 0 Å². The average molecular weight is 482 g/mol. The first-order chi connectivity index (χ1) is 17.0. The number of nitrogens with one attached hydrogen (secondary N) is 2. The molecule has 4 rings (SSSR count). The Balaban J connectivity index is 1.27. The lowest BCUT2D eigenvalue weighted by Gasteiger charge is -2.35. The van der Waals surface area contributed by atoms with Crippen LogP contribution in [0.1, 0.15) is 55.3 Å². The van der Waals surface area contributed by atoms with E-state index in [0.717, 1.165) is 25.7 Å². The minimum Gasteiger partial charge on any atom is -0.483 e. The fourth-order valence-corrected chi connectivity index (χ4v) is 4.79. The summed E-state index contributed by atoms with van der Waals surface area (Å²) in [6.45, 7) is 0.934. The van der Waals surface area contributed by atoms with E-state index < -0.39 is 11.7 Å². The van der Waals surface area contributed by atoms with Crippen LogP contribution in [0.25, 0.3) is 0 Å². The zero-order valence-electron chi connectivity index (χ0n) is 19.8. The topological polar surface area (TPSA) is 87.7 Å². The second kappa shape index (κ2) is 11.8. The first-order valence-electron chi connectivity index (χ1n) is 12.4. The quantitative estimate of drug-likeness (QED) is 0.622. The number of amides is 3. The monoisotopic (exact) mass is 481 g/mol. The summed E-state index contributed by atoms with van der Waals surface area (Å²) in [4.78, 5) is 39.9. The summed E-state index contributed by atoms with van der Waals surface area (Å²) in [6.07, 6.45) is 6.88. The van der Waals surface area contributed by atoms with Gasteiger partial charge in [0, 0.05) is 25.0 Å². The number of hydrogen-bond acceptors (Lipinski definition) is 4. The standard InChI is InChI=1S/C27H32FN3O4/c28-22-11-5-6-12-23(22)30-25(32)18-35-24-13-7-4-10-21(24)26(33)29-20-14-16-31(17-15-20)27(34)19-8-2-1-3-9-19/h4-7,10-13,19-20H,1-3,8-9,14-18H2,(H,29,33)(H,30,32). The van der Waals surface area contributed by atoms with Gasteiger partial charge in [-0.3, -0.25) is 14.4 Å². The highest BCUT2D eigenvalue weighted by atomic mass is 19.1. The van der Waals surface area contributed by atoms with E-state index in [2.05, 4.69) is 10.6 Å². The fourth-order valence-electron chi connectivity index (χ4n) is 4.79. The molecular weight excluding hydrogens is 449 g/mol. The van der Waals surface area contributed by atoms with Gasteiger partial charge in [-0.25, -0.2) is 4.39 Å². The van der Waals surface area contributed by atoms with E-state index in [9.17, 15) is 18.8 Å². The Hall–Kier alpha value is -3.42. The van der Waals surface area contributed by atoms with Crippen LogP contribution in [0, 0.1) is 11.7 Å². The van der Waals surface area contributed by atoms with E-state index >= 15 is 0 Å². The first-order valence-corrected chi connectivity index (χ1v) is 12.4. The number of rotatable bonds is 7. The zero-order chi connectivity index (χ0) is 24.6. The van der Waals surface area contributed by atoms with E-state index in [0.29, 0.717) is 31.5 Å². The molecule has 7 nitrogen and oxygen atoms in total. The van der Waals surface area contributed by atoms with Crippen molar-refractivity contribution in [2.24, 2.45) is 5.92 Å². The van der Waals surface area contributed by atoms with Crippen LogP contribution in [0.4, 0.5) is 10.1 Å². The highest BCUT2D eigenvalue weighted by molar-refractivity contribution is 5.97. The number of para-hydroxylation sites is 2. The van der Waals surface area contributed by atoms with Crippen molar-refractivity contribution in [1.82, 2.24) is 10.2 Å². The molecule has 2 aliphatic rings.